The van der Waals surface area contributed by atoms with E-state index in [4.69, 9.17) is 8.83 Å². The average Bonchev–Trinajstić information content (AvgIpc) is 3.39. The van der Waals surface area contributed by atoms with Gasteiger partial charge >= 0.3 is 0 Å². The monoisotopic (exact) mass is 442 g/mol. The molecule has 0 aliphatic carbocycles. The van der Waals surface area contributed by atoms with E-state index in [1.54, 1.807) is 24.3 Å². The van der Waals surface area contributed by atoms with Crippen LogP contribution in [0, 0.1) is 0 Å². The van der Waals surface area contributed by atoms with E-state index in [1.807, 2.05) is 36.4 Å². The zero-order valence-corrected chi connectivity index (χ0v) is 17.9. The third-order valence-corrected chi connectivity index (χ3v) is 6.47. The van der Waals surface area contributed by atoms with Crippen molar-refractivity contribution < 1.29 is 19.0 Å². The molecule has 7 aromatic rings. The third kappa shape index (κ3) is 2.86. The van der Waals surface area contributed by atoms with Gasteiger partial charge in [0.05, 0.1) is 0 Å². The van der Waals surface area contributed by atoms with Crippen molar-refractivity contribution in [2.75, 3.05) is 0 Å². The Morgan fingerprint density at radius 3 is 1.12 bits per heavy atom. The molecular formula is C30H18O4. The molecule has 0 saturated carbocycles. The van der Waals surface area contributed by atoms with Crippen molar-refractivity contribution in [3.8, 4) is 33.8 Å². The van der Waals surface area contributed by atoms with Gasteiger partial charge in [0.1, 0.15) is 33.8 Å². The normalized spacial score (nSPS) is 11.8. The van der Waals surface area contributed by atoms with Crippen LogP contribution >= 0.6 is 0 Å². The molecular weight excluding hydrogens is 424 g/mol. The predicted molar refractivity (Wildman–Crippen MR) is 135 cm³/mol. The molecule has 2 heterocycles. The van der Waals surface area contributed by atoms with Gasteiger partial charge in [0.25, 0.3) is 0 Å². The Kier molecular flexibility index (Phi) is 3.82. The number of benzene rings is 5. The fourth-order valence-electron chi connectivity index (χ4n) is 4.71. The number of aromatic hydroxyl groups is 2. The fourth-order valence-corrected chi connectivity index (χ4v) is 4.71. The number of furan rings is 2. The van der Waals surface area contributed by atoms with Crippen molar-refractivity contribution in [2.24, 2.45) is 0 Å². The molecule has 0 spiro atoms. The van der Waals surface area contributed by atoms with Crippen LogP contribution in [0.2, 0.25) is 0 Å². The van der Waals surface area contributed by atoms with Gasteiger partial charge in [-0.15, -0.1) is 0 Å². The van der Waals surface area contributed by atoms with E-state index in [-0.39, 0.29) is 11.5 Å². The summed E-state index contributed by atoms with van der Waals surface area (Å²) in [5, 5.41) is 23.2. The van der Waals surface area contributed by atoms with Crippen LogP contribution < -0.4 is 0 Å². The molecule has 7 rings (SSSR count). The van der Waals surface area contributed by atoms with Crippen LogP contribution in [-0.2, 0) is 0 Å². The van der Waals surface area contributed by atoms with E-state index < -0.39 is 0 Å². The molecule has 4 nitrogen and oxygen atoms in total. The van der Waals surface area contributed by atoms with Crippen LogP contribution in [0.1, 0.15) is 0 Å². The minimum atomic E-state index is 0.249. The molecule has 2 N–H and O–H groups in total. The van der Waals surface area contributed by atoms with Crippen molar-refractivity contribution in [3.63, 3.8) is 0 Å². The number of phenols is 2. The smallest absolute Gasteiger partial charge is 0.136 e. The molecule has 0 aliphatic heterocycles. The van der Waals surface area contributed by atoms with Crippen molar-refractivity contribution in [2.45, 2.75) is 0 Å². The molecule has 2 aromatic heterocycles. The standard InChI is InChI=1S/C30H18O4/c31-21-7-1-17(2-8-21)19-5-11-23-25-15-30-26(16-29(25)33-27(23)13-19)24-12-6-20(14-28(24)34-30)18-3-9-22(32)10-4-18/h1-16,31-32H. The second-order valence-electron chi connectivity index (χ2n) is 8.56. The summed E-state index contributed by atoms with van der Waals surface area (Å²) in [6.07, 6.45) is 0. The Morgan fingerprint density at radius 1 is 0.353 bits per heavy atom. The molecule has 34 heavy (non-hydrogen) atoms. The average molecular weight is 442 g/mol. The second-order valence-corrected chi connectivity index (χ2v) is 8.56. The highest BCUT2D eigenvalue weighted by Crippen LogP contribution is 2.39. The van der Waals surface area contributed by atoms with E-state index in [9.17, 15) is 10.2 Å². The molecule has 0 bridgehead atoms. The Balaban J connectivity index is 1.37. The number of fused-ring (bicyclic) bond motifs is 6. The molecule has 0 aliphatic rings. The van der Waals surface area contributed by atoms with E-state index in [0.717, 1.165) is 66.1 Å². The summed E-state index contributed by atoms with van der Waals surface area (Å²) in [7, 11) is 0. The molecule has 0 fully saturated rings. The maximum absolute atomic E-state index is 9.56. The van der Waals surface area contributed by atoms with Crippen LogP contribution in [0.3, 0.4) is 0 Å². The highest BCUT2D eigenvalue weighted by atomic mass is 16.3. The number of hydrogen-bond donors (Lipinski definition) is 2. The van der Waals surface area contributed by atoms with Crippen LogP contribution in [0.25, 0.3) is 66.1 Å². The number of hydrogen-bond acceptors (Lipinski definition) is 4. The summed E-state index contributed by atoms with van der Waals surface area (Å²) >= 11 is 0. The minimum Gasteiger partial charge on any atom is -0.508 e. The summed E-state index contributed by atoms with van der Waals surface area (Å²) in [4.78, 5) is 0. The van der Waals surface area contributed by atoms with E-state index >= 15 is 0 Å². The van der Waals surface area contributed by atoms with Crippen LogP contribution in [0.5, 0.6) is 11.5 Å². The highest BCUT2D eigenvalue weighted by Gasteiger charge is 2.14. The Morgan fingerprint density at radius 2 is 0.706 bits per heavy atom. The molecule has 5 aromatic carbocycles. The molecule has 4 heteroatoms. The largest absolute Gasteiger partial charge is 0.508 e. The molecule has 0 amide bonds. The van der Waals surface area contributed by atoms with Gasteiger partial charge in [-0.05, 0) is 82.9 Å². The van der Waals surface area contributed by atoms with Crippen LogP contribution in [-0.4, -0.2) is 10.2 Å². The topological polar surface area (TPSA) is 66.7 Å². The van der Waals surface area contributed by atoms with Gasteiger partial charge in [-0.25, -0.2) is 0 Å². The molecule has 0 atom stereocenters. The summed E-state index contributed by atoms with van der Waals surface area (Å²) in [5.41, 5.74) is 7.35. The lowest BCUT2D eigenvalue weighted by Crippen LogP contribution is -1.77. The minimum absolute atomic E-state index is 0.249. The van der Waals surface area contributed by atoms with Gasteiger partial charge in [0, 0.05) is 21.5 Å². The quantitative estimate of drug-likeness (QED) is 0.283. The lowest BCUT2D eigenvalue weighted by atomic mass is 10.0. The molecule has 0 unspecified atom stereocenters. The van der Waals surface area contributed by atoms with Crippen LogP contribution in [0.15, 0.2) is 106 Å². The fraction of sp³-hybridized carbons (Fsp3) is 0. The zero-order chi connectivity index (χ0) is 22.8. The Hall–Kier alpha value is -4.70. The highest BCUT2D eigenvalue weighted by molar-refractivity contribution is 6.15. The van der Waals surface area contributed by atoms with Gasteiger partial charge in [-0.2, -0.15) is 0 Å². The number of phenolic OH excluding ortho intramolecular Hbond substituents is 2. The first-order chi connectivity index (χ1) is 16.6. The van der Waals surface area contributed by atoms with Crippen molar-refractivity contribution in [1.82, 2.24) is 0 Å². The Labute approximate surface area is 193 Å². The van der Waals surface area contributed by atoms with Gasteiger partial charge in [-0.1, -0.05) is 36.4 Å². The SMILES string of the molecule is Oc1ccc(-c2ccc3c(c2)oc2cc4c(cc23)oc2cc(-c3ccc(O)cc3)ccc24)cc1. The first-order valence-electron chi connectivity index (χ1n) is 11.0. The van der Waals surface area contributed by atoms with E-state index in [0.29, 0.717) is 0 Å². The maximum Gasteiger partial charge on any atom is 0.136 e. The van der Waals surface area contributed by atoms with Gasteiger partial charge in [0.2, 0.25) is 0 Å². The van der Waals surface area contributed by atoms with Crippen molar-refractivity contribution in [3.05, 3.63) is 97.1 Å². The Bertz CT molecular complexity index is 1710. The first-order valence-corrected chi connectivity index (χ1v) is 11.0. The maximum atomic E-state index is 9.56. The second kappa shape index (κ2) is 6.90. The summed E-state index contributed by atoms with van der Waals surface area (Å²) in [5.74, 6) is 0.497. The zero-order valence-electron chi connectivity index (χ0n) is 17.9. The lowest BCUT2D eigenvalue weighted by Gasteiger charge is -2.01. The molecule has 162 valence electrons. The van der Waals surface area contributed by atoms with E-state index in [1.165, 1.54) is 0 Å². The summed E-state index contributed by atoms with van der Waals surface area (Å²) < 4.78 is 12.5. The number of rotatable bonds is 2. The van der Waals surface area contributed by atoms with E-state index in [2.05, 4.69) is 36.4 Å². The first kappa shape index (κ1) is 18.8. The van der Waals surface area contributed by atoms with Gasteiger partial charge in [-0.3, -0.25) is 0 Å². The van der Waals surface area contributed by atoms with Gasteiger partial charge < -0.3 is 19.0 Å². The van der Waals surface area contributed by atoms with Crippen LogP contribution in [0.4, 0.5) is 0 Å². The third-order valence-electron chi connectivity index (χ3n) is 6.47. The van der Waals surface area contributed by atoms with Crippen molar-refractivity contribution in [1.29, 1.82) is 0 Å². The summed E-state index contributed by atoms with van der Waals surface area (Å²) in [6, 6.07) is 30.8. The van der Waals surface area contributed by atoms with Crippen molar-refractivity contribution >= 4 is 43.9 Å². The molecule has 0 saturated heterocycles. The lowest BCUT2D eigenvalue weighted by molar-refractivity contribution is 0.475. The predicted octanol–water partition coefficient (Wildman–Crippen LogP) is 8.23. The molecule has 0 radical (unpaired) electrons. The van der Waals surface area contributed by atoms with Gasteiger partial charge in [0.15, 0.2) is 0 Å². The summed E-state index contributed by atoms with van der Waals surface area (Å²) in [6.45, 7) is 0.